The number of aromatic nitrogens is 1. The molecule has 2 fully saturated rings. The number of nitrogens with one attached hydrogen (secondary N) is 1. The Bertz CT molecular complexity index is 519. The van der Waals surface area contributed by atoms with Crippen LogP contribution < -0.4 is 10.3 Å². The summed E-state index contributed by atoms with van der Waals surface area (Å²) in [7, 11) is 2.11. The van der Waals surface area contributed by atoms with Gasteiger partial charge in [-0.15, -0.1) is 0 Å². The highest BCUT2D eigenvalue weighted by Gasteiger charge is 2.18. The van der Waals surface area contributed by atoms with Crippen LogP contribution in [0.5, 0.6) is 0 Å². The van der Waals surface area contributed by atoms with Crippen LogP contribution in [0.25, 0.3) is 0 Å². The van der Waals surface area contributed by atoms with Crippen molar-refractivity contribution in [3.05, 3.63) is 23.9 Å². The van der Waals surface area contributed by atoms with Crippen molar-refractivity contribution in [2.24, 2.45) is 0 Å². The van der Waals surface area contributed by atoms with Crippen molar-refractivity contribution in [1.82, 2.24) is 20.3 Å². The van der Waals surface area contributed by atoms with Crippen LogP contribution in [-0.4, -0.2) is 67.1 Å². The summed E-state index contributed by atoms with van der Waals surface area (Å²) in [6, 6.07) is 3.73. The summed E-state index contributed by atoms with van der Waals surface area (Å²) in [6.07, 6.45) is 6.75. The minimum atomic E-state index is -0.0342. The van der Waals surface area contributed by atoms with Crippen molar-refractivity contribution < 1.29 is 4.79 Å². The lowest BCUT2D eigenvalue weighted by molar-refractivity contribution is 0.0662. The molecule has 0 aliphatic carbocycles. The van der Waals surface area contributed by atoms with E-state index in [0.29, 0.717) is 5.56 Å². The number of hydrogen-bond acceptors (Lipinski definition) is 5. The van der Waals surface area contributed by atoms with E-state index >= 15 is 0 Å². The van der Waals surface area contributed by atoms with Crippen LogP contribution in [0.15, 0.2) is 18.3 Å². The van der Waals surface area contributed by atoms with E-state index < -0.39 is 0 Å². The Morgan fingerprint density at radius 3 is 2.43 bits per heavy atom. The monoisotopic (exact) mass is 317 g/mol. The summed E-state index contributed by atoms with van der Waals surface area (Å²) in [6.45, 7) is 5.77. The van der Waals surface area contributed by atoms with Crippen LogP contribution in [0.4, 0.5) is 5.82 Å². The molecule has 3 heterocycles. The van der Waals surface area contributed by atoms with Crippen LogP contribution in [0.1, 0.15) is 36.0 Å². The lowest BCUT2D eigenvalue weighted by Gasteiger charge is -2.32. The number of amides is 1. The van der Waals surface area contributed by atoms with E-state index in [1.807, 2.05) is 11.1 Å². The Hall–Kier alpha value is -1.66. The lowest BCUT2D eigenvalue weighted by Crippen LogP contribution is -2.52. The van der Waals surface area contributed by atoms with Crippen LogP contribution >= 0.6 is 0 Å². The van der Waals surface area contributed by atoms with Crippen molar-refractivity contribution in [3.8, 4) is 0 Å². The molecule has 126 valence electrons. The number of anilines is 1. The first-order valence-electron chi connectivity index (χ1n) is 8.68. The summed E-state index contributed by atoms with van der Waals surface area (Å²) < 4.78 is 0. The number of hydrogen-bond donors (Lipinski definition) is 1. The minimum Gasteiger partial charge on any atom is -0.357 e. The fourth-order valence-electron chi connectivity index (χ4n) is 3.16. The Kier molecular flexibility index (Phi) is 5.46. The van der Waals surface area contributed by atoms with E-state index in [4.69, 9.17) is 0 Å². The van der Waals surface area contributed by atoms with E-state index in [0.717, 1.165) is 45.1 Å². The summed E-state index contributed by atoms with van der Waals surface area (Å²) in [4.78, 5) is 21.5. The zero-order chi connectivity index (χ0) is 16.1. The van der Waals surface area contributed by atoms with Gasteiger partial charge >= 0.3 is 0 Å². The molecule has 0 radical (unpaired) electrons. The third kappa shape index (κ3) is 4.42. The predicted molar refractivity (Wildman–Crippen MR) is 91.5 cm³/mol. The van der Waals surface area contributed by atoms with Gasteiger partial charge in [-0.1, -0.05) is 12.8 Å². The fourth-order valence-corrected chi connectivity index (χ4v) is 3.16. The van der Waals surface area contributed by atoms with Crippen LogP contribution in [0, 0.1) is 0 Å². The normalized spacial score (nSPS) is 21.0. The summed E-state index contributed by atoms with van der Waals surface area (Å²) in [5.74, 6) is 0.894. The first-order valence-corrected chi connectivity index (χ1v) is 8.68. The van der Waals surface area contributed by atoms with Crippen LogP contribution in [0.2, 0.25) is 0 Å². The van der Waals surface area contributed by atoms with Gasteiger partial charge in [0.2, 0.25) is 0 Å². The van der Waals surface area contributed by atoms with Gasteiger partial charge in [-0.2, -0.15) is 0 Å². The summed E-state index contributed by atoms with van der Waals surface area (Å²) in [5.41, 5.74) is 3.71. The van der Waals surface area contributed by atoms with E-state index in [-0.39, 0.29) is 5.91 Å². The van der Waals surface area contributed by atoms with E-state index in [1.165, 1.54) is 25.7 Å². The topological polar surface area (TPSA) is 51.7 Å². The molecule has 1 amide bonds. The molecule has 2 saturated heterocycles. The number of carbonyl (C=O) groups excluding carboxylic acids is 1. The molecule has 1 N–H and O–H groups in total. The summed E-state index contributed by atoms with van der Waals surface area (Å²) in [5, 5.41) is 2.01. The minimum absolute atomic E-state index is 0.0342. The highest BCUT2D eigenvalue weighted by Crippen LogP contribution is 2.18. The second-order valence-electron chi connectivity index (χ2n) is 6.54. The first-order chi connectivity index (χ1) is 11.2. The van der Waals surface area contributed by atoms with Gasteiger partial charge in [-0.25, -0.2) is 9.99 Å². The quantitative estimate of drug-likeness (QED) is 0.912. The van der Waals surface area contributed by atoms with E-state index in [9.17, 15) is 4.79 Å². The molecule has 3 rings (SSSR count). The molecule has 23 heavy (non-hydrogen) atoms. The van der Waals surface area contributed by atoms with Gasteiger partial charge in [0.1, 0.15) is 5.82 Å². The Morgan fingerprint density at radius 1 is 1.04 bits per heavy atom. The highest BCUT2D eigenvalue weighted by molar-refractivity contribution is 5.94. The van der Waals surface area contributed by atoms with Crippen LogP contribution in [0.3, 0.4) is 0 Å². The Balaban J connectivity index is 1.63. The Labute approximate surface area is 138 Å². The van der Waals surface area contributed by atoms with Gasteiger partial charge in [0.05, 0.1) is 0 Å². The van der Waals surface area contributed by atoms with Gasteiger partial charge in [0, 0.05) is 51.0 Å². The molecule has 2 aliphatic heterocycles. The van der Waals surface area contributed by atoms with Crippen molar-refractivity contribution in [2.75, 3.05) is 51.2 Å². The van der Waals surface area contributed by atoms with Crippen LogP contribution in [-0.2, 0) is 0 Å². The maximum absolute atomic E-state index is 12.5. The predicted octanol–water partition coefficient (Wildman–Crippen LogP) is 1.35. The molecular formula is C17H27N5O. The number of nitrogens with zero attached hydrogens (tertiary/aromatic N) is 4. The average molecular weight is 317 g/mol. The maximum Gasteiger partial charge on any atom is 0.265 e. The lowest BCUT2D eigenvalue weighted by atomic mass is 10.2. The molecule has 6 nitrogen and oxygen atoms in total. The molecule has 6 heteroatoms. The van der Waals surface area contributed by atoms with Gasteiger partial charge < -0.3 is 9.80 Å². The zero-order valence-electron chi connectivity index (χ0n) is 14.0. The molecule has 0 bridgehead atoms. The van der Waals surface area contributed by atoms with Gasteiger partial charge in [-0.3, -0.25) is 10.2 Å². The molecule has 1 aromatic rings. The standard InChI is InChI=1S/C17H27N5O/c1-20-10-12-22(13-11-20)19-17(23)15-6-7-18-16(14-15)21-8-4-2-3-5-9-21/h6-7,14H,2-5,8-13H2,1H3,(H,19,23). The van der Waals surface area contributed by atoms with Gasteiger partial charge in [0.25, 0.3) is 5.91 Å². The number of rotatable bonds is 3. The zero-order valence-corrected chi connectivity index (χ0v) is 14.0. The van der Waals surface area contributed by atoms with E-state index in [2.05, 4.69) is 27.3 Å². The van der Waals surface area contributed by atoms with Crippen molar-refractivity contribution in [3.63, 3.8) is 0 Å². The van der Waals surface area contributed by atoms with Gasteiger partial charge in [0.15, 0.2) is 0 Å². The van der Waals surface area contributed by atoms with Crippen molar-refractivity contribution in [1.29, 1.82) is 0 Å². The molecule has 2 aliphatic rings. The SMILES string of the molecule is CN1CCN(NC(=O)c2ccnc(N3CCCCCC3)c2)CC1. The largest absolute Gasteiger partial charge is 0.357 e. The van der Waals surface area contributed by atoms with Crippen molar-refractivity contribution in [2.45, 2.75) is 25.7 Å². The molecule has 0 unspecified atom stereocenters. The molecule has 0 saturated carbocycles. The molecule has 0 aromatic carbocycles. The van der Waals surface area contributed by atoms with E-state index in [1.54, 1.807) is 12.3 Å². The number of pyridine rings is 1. The summed E-state index contributed by atoms with van der Waals surface area (Å²) >= 11 is 0. The molecule has 0 spiro atoms. The average Bonchev–Trinajstić information content (AvgIpc) is 2.86. The molecule has 1 aromatic heterocycles. The first kappa shape index (κ1) is 16.2. The maximum atomic E-state index is 12.5. The number of likely N-dealkylation sites (N-methyl/N-ethyl adjacent to an activating group) is 1. The second-order valence-corrected chi connectivity index (χ2v) is 6.54. The highest BCUT2D eigenvalue weighted by atomic mass is 16.2. The fraction of sp³-hybridized carbons (Fsp3) is 0.647. The number of carbonyl (C=O) groups is 1. The van der Waals surface area contributed by atoms with Gasteiger partial charge in [-0.05, 0) is 32.0 Å². The number of piperazine rings is 1. The number of hydrazine groups is 1. The molecular weight excluding hydrogens is 290 g/mol. The third-order valence-corrected chi connectivity index (χ3v) is 4.70. The van der Waals surface area contributed by atoms with Crippen molar-refractivity contribution >= 4 is 11.7 Å². The third-order valence-electron chi connectivity index (χ3n) is 4.70. The second kappa shape index (κ2) is 7.75. The Morgan fingerprint density at radius 2 is 1.74 bits per heavy atom. The molecule has 0 atom stereocenters. The smallest absolute Gasteiger partial charge is 0.265 e.